The van der Waals surface area contributed by atoms with Gasteiger partial charge in [-0.2, -0.15) is 0 Å². The number of imidazole rings is 1. The minimum Gasteiger partial charge on any atom is -0.496 e. The molecule has 2 aromatic heterocycles. The van der Waals surface area contributed by atoms with E-state index in [9.17, 15) is 0 Å². The highest BCUT2D eigenvalue weighted by atomic mass is 32.1. The maximum Gasteiger partial charge on any atom is 0.194 e. The Hall–Kier alpha value is -1.85. The molecular weight excluding hydrogens is 294 g/mol. The highest BCUT2D eigenvalue weighted by molar-refractivity contribution is 7.17. The monoisotopic (exact) mass is 315 g/mol. The number of benzene rings is 1. The van der Waals surface area contributed by atoms with Crippen LogP contribution >= 0.6 is 11.3 Å². The fraction of sp³-hybridized carbons (Fsp3) is 0.353. The summed E-state index contributed by atoms with van der Waals surface area (Å²) in [5.74, 6) is 0.848. The third-order valence-corrected chi connectivity index (χ3v) is 4.94. The second-order valence-corrected chi connectivity index (χ2v) is 6.40. The standard InChI is InChI=1S/C17H21N3OS/c1-4-13-11(2)22-17-19-16(14(9-10-18)20(13)17)12-7-5-6-8-15(12)21-3/h5-8H,4,9-10,18H2,1-3H3. The molecule has 3 aromatic rings. The average Bonchev–Trinajstić information content (AvgIpc) is 3.03. The predicted molar refractivity (Wildman–Crippen MR) is 91.9 cm³/mol. The van der Waals surface area contributed by atoms with Gasteiger partial charge in [0.2, 0.25) is 0 Å². The Labute approximate surface area is 134 Å². The molecule has 22 heavy (non-hydrogen) atoms. The molecule has 0 saturated heterocycles. The minimum absolute atomic E-state index is 0.605. The van der Waals surface area contributed by atoms with Crippen molar-refractivity contribution in [2.45, 2.75) is 26.7 Å². The van der Waals surface area contributed by atoms with Gasteiger partial charge in [0.05, 0.1) is 18.5 Å². The zero-order valence-electron chi connectivity index (χ0n) is 13.2. The van der Waals surface area contributed by atoms with E-state index in [4.69, 9.17) is 15.5 Å². The van der Waals surface area contributed by atoms with Gasteiger partial charge in [0.25, 0.3) is 0 Å². The molecule has 0 atom stereocenters. The Balaban J connectivity index is 2.30. The maximum absolute atomic E-state index is 5.86. The number of para-hydroxylation sites is 1. The number of methoxy groups -OCH3 is 1. The van der Waals surface area contributed by atoms with Crippen LogP contribution in [0.5, 0.6) is 5.75 Å². The predicted octanol–water partition coefficient (Wildman–Crippen LogP) is 3.44. The van der Waals surface area contributed by atoms with Crippen LogP contribution in [0.4, 0.5) is 0 Å². The van der Waals surface area contributed by atoms with Gasteiger partial charge in [-0.25, -0.2) is 4.98 Å². The summed E-state index contributed by atoms with van der Waals surface area (Å²) in [6.07, 6.45) is 1.79. The van der Waals surface area contributed by atoms with Gasteiger partial charge in [0.15, 0.2) is 4.96 Å². The van der Waals surface area contributed by atoms with Crippen molar-refractivity contribution in [3.63, 3.8) is 0 Å². The number of nitrogens with zero attached hydrogens (tertiary/aromatic N) is 2. The minimum atomic E-state index is 0.605. The second-order valence-electron chi connectivity index (χ2n) is 5.22. The van der Waals surface area contributed by atoms with Crippen molar-refractivity contribution in [3.05, 3.63) is 40.5 Å². The third-order valence-electron chi connectivity index (χ3n) is 3.94. The Bertz CT molecular complexity index is 804. The van der Waals surface area contributed by atoms with Gasteiger partial charge >= 0.3 is 0 Å². The third kappa shape index (κ3) is 2.30. The summed E-state index contributed by atoms with van der Waals surface area (Å²) in [6, 6.07) is 8.03. The summed E-state index contributed by atoms with van der Waals surface area (Å²) in [4.78, 5) is 7.25. The van der Waals surface area contributed by atoms with Crippen molar-refractivity contribution < 1.29 is 4.74 Å². The molecule has 4 nitrogen and oxygen atoms in total. The summed E-state index contributed by atoms with van der Waals surface area (Å²) in [5, 5.41) is 0. The van der Waals surface area contributed by atoms with E-state index in [2.05, 4.69) is 24.3 Å². The van der Waals surface area contributed by atoms with E-state index in [1.807, 2.05) is 18.2 Å². The normalized spacial score (nSPS) is 11.3. The zero-order valence-corrected chi connectivity index (χ0v) is 14.0. The topological polar surface area (TPSA) is 52.5 Å². The van der Waals surface area contributed by atoms with Crippen LogP contribution in [-0.4, -0.2) is 23.0 Å². The highest BCUT2D eigenvalue weighted by Gasteiger charge is 2.20. The van der Waals surface area contributed by atoms with Gasteiger partial charge in [-0.05, 0) is 32.0 Å². The maximum atomic E-state index is 5.86. The number of ether oxygens (including phenoxy) is 1. The second kappa shape index (κ2) is 6.10. The molecule has 0 saturated carbocycles. The molecule has 0 aliphatic rings. The van der Waals surface area contributed by atoms with Crippen LogP contribution in [0, 0.1) is 6.92 Å². The van der Waals surface area contributed by atoms with Crippen molar-refractivity contribution in [2.24, 2.45) is 5.73 Å². The van der Waals surface area contributed by atoms with Crippen LogP contribution in [0.15, 0.2) is 24.3 Å². The molecule has 116 valence electrons. The van der Waals surface area contributed by atoms with E-state index >= 15 is 0 Å². The van der Waals surface area contributed by atoms with E-state index in [1.54, 1.807) is 18.4 Å². The number of hydrogen-bond acceptors (Lipinski definition) is 4. The molecule has 0 spiro atoms. The largest absolute Gasteiger partial charge is 0.496 e. The molecule has 0 amide bonds. The first kappa shape index (κ1) is 15.1. The van der Waals surface area contributed by atoms with Gasteiger partial charge in [0.1, 0.15) is 5.75 Å². The number of thiazole rings is 1. The van der Waals surface area contributed by atoms with E-state index < -0.39 is 0 Å². The van der Waals surface area contributed by atoms with Gasteiger partial charge < -0.3 is 10.5 Å². The number of fused-ring (bicyclic) bond motifs is 1. The molecule has 0 fully saturated rings. The summed E-state index contributed by atoms with van der Waals surface area (Å²) in [7, 11) is 1.70. The van der Waals surface area contributed by atoms with E-state index in [1.165, 1.54) is 16.3 Å². The Morgan fingerprint density at radius 1 is 1.27 bits per heavy atom. The van der Waals surface area contributed by atoms with E-state index in [-0.39, 0.29) is 0 Å². The molecule has 0 bridgehead atoms. The number of hydrogen-bond donors (Lipinski definition) is 1. The van der Waals surface area contributed by atoms with Crippen molar-refractivity contribution in [3.8, 4) is 17.0 Å². The van der Waals surface area contributed by atoms with Crippen LogP contribution in [0.1, 0.15) is 23.2 Å². The number of nitrogens with two attached hydrogens (primary N) is 1. The summed E-state index contributed by atoms with van der Waals surface area (Å²) >= 11 is 1.74. The van der Waals surface area contributed by atoms with Gasteiger partial charge in [0, 0.05) is 22.6 Å². The fourth-order valence-electron chi connectivity index (χ4n) is 2.96. The first-order valence-electron chi connectivity index (χ1n) is 7.54. The van der Waals surface area contributed by atoms with Crippen LogP contribution < -0.4 is 10.5 Å². The quantitative estimate of drug-likeness (QED) is 0.784. The Kier molecular flexibility index (Phi) is 4.18. The smallest absolute Gasteiger partial charge is 0.194 e. The van der Waals surface area contributed by atoms with Crippen LogP contribution in [-0.2, 0) is 12.8 Å². The lowest BCUT2D eigenvalue weighted by atomic mass is 10.1. The van der Waals surface area contributed by atoms with Gasteiger partial charge in [-0.15, -0.1) is 11.3 Å². The van der Waals surface area contributed by atoms with Crippen molar-refractivity contribution >= 4 is 16.3 Å². The highest BCUT2D eigenvalue weighted by Crippen LogP contribution is 2.35. The molecule has 2 N–H and O–H groups in total. The molecule has 0 aliphatic heterocycles. The lowest BCUT2D eigenvalue weighted by molar-refractivity contribution is 0.416. The molecule has 3 rings (SSSR count). The van der Waals surface area contributed by atoms with E-state index in [0.29, 0.717) is 6.54 Å². The van der Waals surface area contributed by atoms with E-state index in [0.717, 1.165) is 34.8 Å². The fourth-order valence-corrected chi connectivity index (χ4v) is 4.04. The molecule has 0 unspecified atom stereocenters. The molecule has 2 heterocycles. The molecular formula is C17H21N3OS. The van der Waals surface area contributed by atoms with Crippen molar-refractivity contribution in [1.29, 1.82) is 0 Å². The lowest BCUT2D eigenvalue weighted by Crippen LogP contribution is -2.07. The van der Waals surface area contributed by atoms with Crippen LogP contribution in [0.3, 0.4) is 0 Å². The molecule has 5 heteroatoms. The average molecular weight is 315 g/mol. The molecule has 0 aliphatic carbocycles. The van der Waals surface area contributed by atoms with Crippen molar-refractivity contribution in [2.75, 3.05) is 13.7 Å². The molecule has 1 aromatic carbocycles. The van der Waals surface area contributed by atoms with Crippen molar-refractivity contribution in [1.82, 2.24) is 9.38 Å². The number of aromatic nitrogens is 2. The van der Waals surface area contributed by atoms with Crippen LogP contribution in [0.2, 0.25) is 0 Å². The summed E-state index contributed by atoms with van der Waals surface area (Å²) in [5.41, 5.74) is 10.4. The van der Waals surface area contributed by atoms with Gasteiger partial charge in [-0.1, -0.05) is 19.1 Å². The number of rotatable bonds is 5. The van der Waals surface area contributed by atoms with Gasteiger partial charge in [-0.3, -0.25) is 4.40 Å². The number of aryl methyl sites for hydroxylation is 2. The first-order chi connectivity index (χ1) is 10.7. The summed E-state index contributed by atoms with van der Waals surface area (Å²) < 4.78 is 7.79. The Morgan fingerprint density at radius 3 is 2.73 bits per heavy atom. The molecule has 0 radical (unpaired) electrons. The Morgan fingerprint density at radius 2 is 2.05 bits per heavy atom. The SMILES string of the molecule is CCc1c(C)sc2nc(-c3ccccc3OC)c(CCN)n12. The first-order valence-corrected chi connectivity index (χ1v) is 8.35. The zero-order chi connectivity index (χ0) is 15.7. The lowest BCUT2D eigenvalue weighted by Gasteiger charge is -2.09. The van der Waals surface area contributed by atoms with Crippen LogP contribution in [0.25, 0.3) is 16.2 Å². The summed E-state index contributed by atoms with van der Waals surface area (Å²) in [6.45, 7) is 4.95.